The van der Waals surface area contributed by atoms with Crippen LogP contribution in [0.15, 0.2) is 59.6 Å². The van der Waals surface area contributed by atoms with Crippen LogP contribution in [0.4, 0.5) is 11.4 Å². The molecule has 2 aromatic rings. The van der Waals surface area contributed by atoms with Gasteiger partial charge in [-0.15, -0.1) is 0 Å². The maximum absolute atomic E-state index is 6.56. The van der Waals surface area contributed by atoms with E-state index < -0.39 is 5.00 Å². The number of para-hydroxylation sites is 2. The molecule has 0 saturated heterocycles. The Morgan fingerprint density at radius 1 is 1.00 bits per heavy atom. The maximum Gasteiger partial charge on any atom is 0.153 e. The number of nitrogens with zero attached hydrogens (tertiary/aromatic N) is 1. The Balaban J connectivity index is 2.16. The second-order valence-electron chi connectivity index (χ2n) is 4.47. The SMILES string of the molecule is CC1(Cl)Nc2ccccc2N=C1c1ccccc1. The molecule has 0 spiro atoms. The normalized spacial score (nSPS) is 21.8. The van der Waals surface area contributed by atoms with Crippen molar-refractivity contribution in [3.63, 3.8) is 0 Å². The quantitative estimate of drug-likeness (QED) is 0.601. The number of hydrogen-bond donors (Lipinski definition) is 1. The number of hydrogen-bond acceptors (Lipinski definition) is 2. The summed E-state index contributed by atoms with van der Waals surface area (Å²) in [6.45, 7) is 1.93. The Hall–Kier alpha value is -1.80. The molecule has 2 nitrogen and oxygen atoms in total. The number of anilines is 1. The Kier molecular flexibility index (Phi) is 2.60. The maximum atomic E-state index is 6.56. The number of rotatable bonds is 1. The van der Waals surface area contributed by atoms with Crippen molar-refractivity contribution < 1.29 is 0 Å². The summed E-state index contributed by atoms with van der Waals surface area (Å²) in [5.74, 6) is 0. The minimum Gasteiger partial charge on any atom is -0.360 e. The van der Waals surface area contributed by atoms with Crippen LogP contribution in [-0.4, -0.2) is 10.7 Å². The molecule has 18 heavy (non-hydrogen) atoms. The van der Waals surface area contributed by atoms with Crippen LogP contribution in [0.25, 0.3) is 0 Å². The van der Waals surface area contributed by atoms with E-state index in [9.17, 15) is 0 Å². The molecule has 1 aliphatic heterocycles. The third-order valence-corrected chi connectivity index (χ3v) is 3.27. The first kappa shape index (κ1) is 11.3. The molecule has 0 amide bonds. The molecule has 3 rings (SSSR count). The summed E-state index contributed by atoms with van der Waals surface area (Å²) in [4.78, 5) is 4.01. The minimum absolute atomic E-state index is 0.685. The Labute approximate surface area is 111 Å². The number of nitrogens with one attached hydrogen (secondary N) is 1. The second kappa shape index (κ2) is 4.14. The van der Waals surface area contributed by atoms with E-state index in [1.54, 1.807) is 0 Å². The molecule has 90 valence electrons. The van der Waals surface area contributed by atoms with Gasteiger partial charge in [-0.05, 0) is 24.6 Å². The average molecular weight is 257 g/mol. The van der Waals surface area contributed by atoms with Gasteiger partial charge in [0.05, 0.1) is 17.1 Å². The van der Waals surface area contributed by atoms with Gasteiger partial charge in [0.2, 0.25) is 0 Å². The Morgan fingerprint density at radius 3 is 2.44 bits per heavy atom. The van der Waals surface area contributed by atoms with Crippen molar-refractivity contribution >= 4 is 28.7 Å². The first-order valence-corrected chi connectivity index (χ1v) is 6.25. The van der Waals surface area contributed by atoms with Crippen LogP contribution in [0.3, 0.4) is 0 Å². The molecule has 1 N–H and O–H groups in total. The second-order valence-corrected chi connectivity index (χ2v) is 5.23. The molecular formula is C15H13ClN2. The molecule has 0 radical (unpaired) electrons. The van der Waals surface area contributed by atoms with Gasteiger partial charge in [0.25, 0.3) is 0 Å². The molecule has 1 atom stereocenters. The summed E-state index contributed by atoms with van der Waals surface area (Å²) in [5, 5.41) is 3.32. The lowest BCUT2D eigenvalue weighted by Gasteiger charge is -2.31. The number of benzene rings is 2. The number of alkyl halides is 1. The molecule has 0 bridgehead atoms. The highest BCUT2D eigenvalue weighted by Crippen LogP contribution is 2.36. The van der Waals surface area contributed by atoms with Gasteiger partial charge in [0, 0.05) is 0 Å². The predicted octanol–water partition coefficient (Wildman–Crippen LogP) is 4.19. The number of fused-ring (bicyclic) bond motifs is 1. The predicted molar refractivity (Wildman–Crippen MR) is 77.0 cm³/mol. The van der Waals surface area contributed by atoms with E-state index in [1.165, 1.54) is 0 Å². The first-order chi connectivity index (χ1) is 8.67. The molecule has 0 fully saturated rings. The van der Waals surface area contributed by atoms with Gasteiger partial charge in [0.15, 0.2) is 5.00 Å². The van der Waals surface area contributed by atoms with Crippen LogP contribution in [0.5, 0.6) is 0 Å². The summed E-state index contributed by atoms with van der Waals surface area (Å²) < 4.78 is 0. The van der Waals surface area contributed by atoms with Crippen molar-refractivity contribution in [2.75, 3.05) is 5.32 Å². The smallest absolute Gasteiger partial charge is 0.153 e. The highest BCUT2D eigenvalue weighted by molar-refractivity contribution is 6.41. The summed E-state index contributed by atoms with van der Waals surface area (Å²) in [5.41, 5.74) is 3.78. The first-order valence-electron chi connectivity index (χ1n) is 5.87. The van der Waals surface area contributed by atoms with Gasteiger partial charge >= 0.3 is 0 Å². The average Bonchev–Trinajstić information content (AvgIpc) is 2.38. The van der Waals surface area contributed by atoms with Crippen LogP contribution in [0.2, 0.25) is 0 Å². The van der Waals surface area contributed by atoms with Gasteiger partial charge < -0.3 is 5.32 Å². The van der Waals surface area contributed by atoms with E-state index in [0.717, 1.165) is 22.6 Å². The van der Waals surface area contributed by atoms with Crippen molar-refractivity contribution in [3.05, 3.63) is 60.2 Å². The van der Waals surface area contributed by atoms with Gasteiger partial charge in [-0.2, -0.15) is 0 Å². The Bertz CT molecular complexity index is 603. The van der Waals surface area contributed by atoms with Gasteiger partial charge in [0.1, 0.15) is 0 Å². The summed E-state index contributed by atoms with van der Waals surface area (Å²) in [6.07, 6.45) is 0. The van der Waals surface area contributed by atoms with Crippen molar-refractivity contribution in [1.29, 1.82) is 0 Å². The van der Waals surface area contributed by atoms with E-state index in [2.05, 4.69) is 5.32 Å². The fraction of sp³-hybridized carbons (Fsp3) is 0.133. The molecule has 2 aromatic carbocycles. The zero-order valence-corrected chi connectivity index (χ0v) is 10.8. The minimum atomic E-state index is -0.685. The van der Waals surface area contributed by atoms with E-state index >= 15 is 0 Å². The topological polar surface area (TPSA) is 24.4 Å². The third-order valence-electron chi connectivity index (χ3n) is 3.00. The molecule has 3 heteroatoms. The van der Waals surface area contributed by atoms with Crippen molar-refractivity contribution in [1.82, 2.24) is 0 Å². The van der Waals surface area contributed by atoms with Crippen molar-refractivity contribution in [2.24, 2.45) is 4.99 Å². The van der Waals surface area contributed by atoms with E-state index in [-0.39, 0.29) is 0 Å². The fourth-order valence-corrected chi connectivity index (χ4v) is 2.40. The lowest BCUT2D eigenvalue weighted by atomic mass is 10.0. The van der Waals surface area contributed by atoms with Gasteiger partial charge in [-0.1, -0.05) is 54.1 Å². The third kappa shape index (κ3) is 1.89. The standard InChI is InChI=1S/C15H13ClN2/c1-15(16)14(11-7-3-2-4-8-11)17-12-9-5-6-10-13(12)18-15/h2-10,18H,1H3. The largest absolute Gasteiger partial charge is 0.360 e. The van der Waals surface area contributed by atoms with Crippen molar-refractivity contribution in [3.8, 4) is 0 Å². The molecule has 1 aliphatic rings. The summed E-state index contributed by atoms with van der Waals surface area (Å²) >= 11 is 6.56. The molecule has 0 aliphatic carbocycles. The fourth-order valence-electron chi connectivity index (χ4n) is 2.15. The number of aliphatic imine (C=N–C) groups is 1. The lowest BCUT2D eigenvalue weighted by Crippen LogP contribution is -2.40. The highest BCUT2D eigenvalue weighted by atomic mass is 35.5. The molecule has 0 aromatic heterocycles. The zero-order chi connectivity index (χ0) is 12.6. The molecular weight excluding hydrogens is 244 g/mol. The van der Waals surface area contributed by atoms with E-state index in [0.29, 0.717) is 0 Å². The van der Waals surface area contributed by atoms with Gasteiger partial charge in [-0.3, -0.25) is 0 Å². The molecule has 0 saturated carbocycles. The van der Waals surface area contributed by atoms with Crippen LogP contribution in [0, 0.1) is 0 Å². The molecule has 1 heterocycles. The van der Waals surface area contributed by atoms with Gasteiger partial charge in [-0.25, -0.2) is 4.99 Å². The summed E-state index contributed by atoms with van der Waals surface area (Å²) in [7, 11) is 0. The van der Waals surface area contributed by atoms with Crippen LogP contribution in [-0.2, 0) is 0 Å². The van der Waals surface area contributed by atoms with E-state index in [4.69, 9.17) is 16.6 Å². The summed E-state index contributed by atoms with van der Waals surface area (Å²) in [6, 6.07) is 17.9. The Morgan fingerprint density at radius 2 is 1.67 bits per heavy atom. The zero-order valence-electron chi connectivity index (χ0n) is 10.0. The number of halogens is 1. The van der Waals surface area contributed by atoms with Crippen LogP contribution >= 0.6 is 11.6 Å². The van der Waals surface area contributed by atoms with Crippen molar-refractivity contribution in [2.45, 2.75) is 11.9 Å². The van der Waals surface area contributed by atoms with Crippen LogP contribution < -0.4 is 5.32 Å². The molecule has 1 unspecified atom stereocenters. The van der Waals surface area contributed by atoms with Crippen LogP contribution in [0.1, 0.15) is 12.5 Å². The lowest BCUT2D eigenvalue weighted by molar-refractivity contribution is 0.937. The highest BCUT2D eigenvalue weighted by Gasteiger charge is 2.32. The van der Waals surface area contributed by atoms with E-state index in [1.807, 2.05) is 61.5 Å². The monoisotopic (exact) mass is 256 g/mol.